The van der Waals surface area contributed by atoms with Crippen LogP contribution in [-0.4, -0.2) is 68.4 Å². The molecule has 12 heteroatoms. The number of amides is 3. The quantitative estimate of drug-likeness (QED) is 0.165. The summed E-state index contributed by atoms with van der Waals surface area (Å²) < 4.78 is 21.8. The molecule has 0 spiro atoms. The molecule has 2 atom stereocenters. The number of rotatable bonds is 10. The number of esters is 1. The molecule has 3 amide bonds. The number of nitrogens with zero attached hydrogens (tertiary/aromatic N) is 2. The fourth-order valence-corrected chi connectivity index (χ4v) is 4.89. The summed E-state index contributed by atoms with van der Waals surface area (Å²) in [4.78, 5) is 66.9. The van der Waals surface area contributed by atoms with Crippen LogP contribution in [0.15, 0.2) is 72.4 Å². The molecule has 1 aliphatic heterocycles. The van der Waals surface area contributed by atoms with E-state index in [0.717, 1.165) is 5.56 Å². The number of likely N-dealkylation sites (tertiary alicyclic amines) is 1. The van der Waals surface area contributed by atoms with Crippen LogP contribution >= 0.6 is 0 Å². The smallest absolute Gasteiger partial charge is 0.424 e. The van der Waals surface area contributed by atoms with E-state index in [9.17, 15) is 29.1 Å². The Hall–Kier alpha value is -4.87. The van der Waals surface area contributed by atoms with Gasteiger partial charge in [-0.3, -0.25) is 4.90 Å². The lowest BCUT2D eigenvalue weighted by Crippen LogP contribution is -2.47. The number of imide groups is 1. The largest absolute Gasteiger partial charge is 0.477 e. The molecule has 47 heavy (non-hydrogen) atoms. The summed E-state index contributed by atoms with van der Waals surface area (Å²) in [5.41, 5.74) is -1.10. The number of ether oxygens (including phenoxy) is 4. The maximum absolute atomic E-state index is 13.4. The van der Waals surface area contributed by atoms with Gasteiger partial charge < -0.3 is 24.1 Å². The molecule has 3 rings (SSSR count). The summed E-state index contributed by atoms with van der Waals surface area (Å²) in [7, 11) is 0. The highest BCUT2D eigenvalue weighted by Crippen LogP contribution is 2.31. The molecule has 0 unspecified atom stereocenters. The van der Waals surface area contributed by atoms with Gasteiger partial charge in [-0.1, -0.05) is 66.7 Å². The summed E-state index contributed by atoms with van der Waals surface area (Å²) in [6, 6.07) is 16.3. The number of aliphatic carboxylic acids is 1. The van der Waals surface area contributed by atoms with Crippen LogP contribution in [-0.2, 0) is 41.8 Å². The zero-order chi connectivity index (χ0) is 34.8. The second-order valence-electron chi connectivity index (χ2n) is 13.1. The van der Waals surface area contributed by atoms with Crippen molar-refractivity contribution >= 4 is 30.2 Å². The van der Waals surface area contributed by atoms with Crippen molar-refractivity contribution in [2.24, 2.45) is 0 Å². The maximum Gasteiger partial charge on any atom is 0.424 e. The predicted molar refractivity (Wildman–Crippen MR) is 171 cm³/mol. The minimum absolute atomic E-state index is 0.0110. The van der Waals surface area contributed by atoms with Crippen molar-refractivity contribution in [3.63, 3.8) is 0 Å². The zero-order valence-electron chi connectivity index (χ0n) is 27.8. The number of carbonyl (C=O) groups is 5. The third-order valence-electron chi connectivity index (χ3n) is 6.86. The molecule has 0 aliphatic carbocycles. The van der Waals surface area contributed by atoms with Gasteiger partial charge in [0.2, 0.25) is 0 Å². The van der Waals surface area contributed by atoms with E-state index in [0.29, 0.717) is 23.3 Å². The molecular formula is C35H44N2O10. The van der Waals surface area contributed by atoms with Gasteiger partial charge in [-0.15, -0.1) is 0 Å². The monoisotopic (exact) mass is 652 g/mol. The molecule has 1 saturated heterocycles. The minimum Gasteiger partial charge on any atom is -0.477 e. The summed E-state index contributed by atoms with van der Waals surface area (Å²) in [5, 5.41) is 10.1. The molecule has 254 valence electrons. The highest BCUT2D eigenvalue weighted by molar-refractivity contribution is 6.00. The van der Waals surface area contributed by atoms with Gasteiger partial charge in [-0.2, -0.15) is 4.90 Å². The summed E-state index contributed by atoms with van der Waals surface area (Å²) in [6.07, 6.45) is -1.03. The lowest BCUT2D eigenvalue weighted by molar-refractivity contribution is -0.160. The molecule has 1 aliphatic rings. The minimum atomic E-state index is -1.57. The van der Waals surface area contributed by atoms with Crippen molar-refractivity contribution in [2.75, 3.05) is 0 Å². The number of benzene rings is 2. The van der Waals surface area contributed by atoms with E-state index in [1.165, 1.54) is 11.0 Å². The van der Waals surface area contributed by atoms with E-state index in [1.54, 1.807) is 84.0 Å². The van der Waals surface area contributed by atoms with E-state index in [1.807, 2.05) is 18.2 Å². The van der Waals surface area contributed by atoms with Crippen LogP contribution in [0.4, 0.5) is 14.4 Å². The topological polar surface area (TPSA) is 149 Å². The van der Waals surface area contributed by atoms with Crippen molar-refractivity contribution < 1.29 is 48.0 Å². The average Bonchev–Trinajstić information content (AvgIpc) is 3.41. The molecule has 2 aromatic rings. The van der Waals surface area contributed by atoms with E-state index in [-0.39, 0.29) is 26.1 Å². The van der Waals surface area contributed by atoms with Crippen LogP contribution in [0, 0.1) is 0 Å². The predicted octanol–water partition coefficient (Wildman–Crippen LogP) is 6.82. The van der Waals surface area contributed by atoms with Crippen LogP contribution in [0.25, 0.3) is 0 Å². The first-order valence-electron chi connectivity index (χ1n) is 15.4. The number of hydrogen-bond acceptors (Lipinski definition) is 9. The molecule has 0 aromatic heterocycles. The Morgan fingerprint density at radius 3 is 1.83 bits per heavy atom. The van der Waals surface area contributed by atoms with Crippen molar-refractivity contribution in [3.05, 3.63) is 83.6 Å². The standard InChI is InChI=1S/C35H44N2O10/c1-34(2,3)46-30(40)28-21-20-26(36(28)31(41)44-22-24-14-9-7-10-15-24)18-13-19-27(29(38)39)37(33(43)47-35(4,5)6)32(42)45-23-25-16-11-8-12-17-25/h7-12,14-17,19,26,28H,13,18,20-23H2,1-6H3,(H,38,39)/b27-19-/t26-,28+/m1/s1. The van der Waals surface area contributed by atoms with Crippen molar-refractivity contribution in [3.8, 4) is 0 Å². The fraction of sp³-hybridized carbons (Fsp3) is 0.457. The highest BCUT2D eigenvalue weighted by Gasteiger charge is 2.43. The fourth-order valence-electron chi connectivity index (χ4n) is 4.89. The van der Waals surface area contributed by atoms with Crippen LogP contribution in [0.3, 0.4) is 0 Å². The summed E-state index contributed by atoms with van der Waals surface area (Å²) in [5.74, 6) is -2.14. The Morgan fingerprint density at radius 1 is 0.787 bits per heavy atom. The number of carboxylic acids is 1. The van der Waals surface area contributed by atoms with Gasteiger partial charge in [0.25, 0.3) is 0 Å². The zero-order valence-corrected chi connectivity index (χ0v) is 27.8. The number of allylic oxidation sites excluding steroid dienone is 1. The van der Waals surface area contributed by atoms with Gasteiger partial charge in [0.05, 0.1) is 0 Å². The Morgan fingerprint density at radius 2 is 1.32 bits per heavy atom. The van der Waals surface area contributed by atoms with Gasteiger partial charge >= 0.3 is 30.2 Å². The third-order valence-corrected chi connectivity index (χ3v) is 6.86. The van der Waals surface area contributed by atoms with Gasteiger partial charge in [-0.25, -0.2) is 24.0 Å². The lowest BCUT2D eigenvalue weighted by Gasteiger charge is -2.30. The van der Waals surface area contributed by atoms with E-state index >= 15 is 0 Å². The van der Waals surface area contributed by atoms with Gasteiger partial charge in [0, 0.05) is 6.04 Å². The molecule has 0 bridgehead atoms. The second kappa shape index (κ2) is 16.1. The Bertz CT molecular complexity index is 1430. The molecular weight excluding hydrogens is 608 g/mol. The lowest BCUT2D eigenvalue weighted by atomic mass is 10.1. The first-order chi connectivity index (χ1) is 22.1. The molecule has 1 N–H and O–H groups in total. The Balaban J connectivity index is 1.83. The molecule has 0 radical (unpaired) electrons. The normalized spacial score (nSPS) is 16.6. The second-order valence-corrected chi connectivity index (χ2v) is 13.1. The van der Waals surface area contributed by atoms with Crippen molar-refractivity contribution in [1.82, 2.24) is 9.80 Å². The molecule has 12 nitrogen and oxygen atoms in total. The first-order valence-corrected chi connectivity index (χ1v) is 15.4. The SMILES string of the molecule is CC(C)(C)OC(=O)[C@@H]1CC[C@@H](CC/C=C(/C(=O)O)N(C(=O)OCc2ccccc2)C(=O)OC(C)(C)C)N1C(=O)OCc1ccccc1. The summed E-state index contributed by atoms with van der Waals surface area (Å²) >= 11 is 0. The van der Waals surface area contributed by atoms with Gasteiger partial charge in [-0.05, 0) is 78.4 Å². The molecule has 1 fully saturated rings. The van der Waals surface area contributed by atoms with E-state index in [4.69, 9.17) is 18.9 Å². The third kappa shape index (κ3) is 11.5. The molecule has 2 aromatic carbocycles. The van der Waals surface area contributed by atoms with E-state index < -0.39 is 59.2 Å². The number of hydrogen-bond donors (Lipinski definition) is 1. The number of carbonyl (C=O) groups excluding carboxylic acids is 4. The highest BCUT2D eigenvalue weighted by atomic mass is 16.6. The van der Waals surface area contributed by atoms with Crippen molar-refractivity contribution in [2.45, 2.75) is 104 Å². The Kier molecular flexibility index (Phi) is 12.5. The van der Waals surface area contributed by atoms with Gasteiger partial charge in [0.15, 0.2) is 0 Å². The van der Waals surface area contributed by atoms with Gasteiger partial charge in [0.1, 0.15) is 36.2 Å². The maximum atomic E-state index is 13.4. The van der Waals surface area contributed by atoms with Crippen LogP contribution in [0.2, 0.25) is 0 Å². The van der Waals surface area contributed by atoms with Crippen LogP contribution < -0.4 is 0 Å². The van der Waals surface area contributed by atoms with Crippen LogP contribution in [0.1, 0.15) is 78.4 Å². The first kappa shape index (κ1) is 36.6. The number of carboxylic acid groups (broad SMARTS) is 1. The summed E-state index contributed by atoms with van der Waals surface area (Å²) in [6.45, 7) is 9.71. The van der Waals surface area contributed by atoms with E-state index in [2.05, 4.69) is 0 Å². The Labute approximate surface area is 275 Å². The average molecular weight is 653 g/mol. The molecule has 1 heterocycles. The molecule has 0 saturated carbocycles. The van der Waals surface area contributed by atoms with Crippen molar-refractivity contribution in [1.29, 1.82) is 0 Å². The van der Waals surface area contributed by atoms with Crippen LogP contribution in [0.5, 0.6) is 0 Å².